The molecule has 5 nitrogen and oxygen atoms in total. The summed E-state index contributed by atoms with van der Waals surface area (Å²) in [5.74, 6) is -0.291. The molecule has 7 heteroatoms. The van der Waals surface area contributed by atoms with Crippen molar-refractivity contribution in [1.82, 2.24) is 10.0 Å². The fourth-order valence-corrected chi connectivity index (χ4v) is 3.66. The summed E-state index contributed by atoms with van der Waals surface area (Å²) < 4.78 is 26.5. The summed E-state index contributed by atoms with van der Waals surface area (Å²) in [6.07, 6.45) is 2.20. The van der Waals surface area contributed by atoms with Gasteiger partial charge in [0.25, 0.3) is 5.91 Å². The summed E-state index contributed by atoms with van der Waals surface area (Å²) in [7, 11) is -3.63. The molecule has 1 amide bonds. The molecule has 1 aromatic carbocycles. The molecule has 0 fully saturated rings. The van der Waals surface area contributed by atoms with Crippen molar-refractivity contribution in [1.29, 1.82) is 0 Å². The average Bonchev–Trinajstić information content (AvgIpc) is 3.06. The first kappa shape index (κ1) is 17.4. The second kappa shape index (κ2) is 8.05. The van der Waals surface area contributed by atoms with Gasteiger partial charge in [-0.1, -0.05) is 12.1 Å². The zero-order valence-electron chi connectivity index (χ0n) is 12.5. The molecular weight excluding hydrogens is 332 g/mol. The molecule has 0 unspecified atom stereocenters. The number of thiophene rings is 1. The van der Waals surface area contributed by atoms with Crippen LogP contribution in [0.5, 0.6) is 0 Å². The molecular formula is C16H18N2O3S2. The van der Waals surface area contributed by atoms with Gasteiger partial charge in [0.2, 0.25) is 10.0 Å². The van der Waals surface area contributed by atoms with Gasteiger partial charge in [0.15, 0.2) is 0 Å². The van der Waals surface area contributed by atoms with Gasteiger partial charge in [0, 0.05) is 18.7 Å². The van der Waals surface area contributed by atoms with E-state index in [4.69, 9.17) is 0 Å². The lowest BCUT2D eigenvalue weighted by atomic mass is 10.2. The third kappa shape index (κ3) is 5.02. The lowest BCUT2D eigenvalue weighted by Crippen LogP contribution is -2.27. The van der Waals surface area contributed by atoms with Crippen molar-refractivity contribution < 1.29 is 13.2 Å². The van der Waals surface area contributed by atoms with Gasteiger partial charge in [0.05, 0.1) is 4.90 Å². The molecule has 2 N–H and O–H groups in total. The van der Waals surface area contributed by atoms with Crippen molar-refractivity contribution in [2.24, 2.45) is 0 Å². The number of carbonyl (C=O) groups excluding carboxylic acids is 1. The van der Waals surface area contributed by atoms with Crippen LogP contribution in [0.3, 0.4) is 0 Å². The van der Waals surface area contributed by atoms with E-state index in [1.54, 1.807) is 23.5 Å². The van der Waals surface area contributed by atoms with Gasteiger partial charge < -0.3 is 5.32 Å². The van der Waals surface area contributed by atoms with Crippen LogP contribution < -0.4 is 10.0 Å². The highest BCUT2D eigenvalue weighted by atomic mass is 32.2. The molecule has 122 valence electrons. The zero-order valence-corrected chi connectivity index (χ0v) is 14.1. The number of amides is 1. The molecule has 1 heterocycles. The van der Waals surface area contributed by atoms with Crippen LogP contribution in [-0.4, -0.2) is 27.4 Å². The van der Waals surface area contributed by atoms with Gasteiger partial charge in [-0.3, -0.25) is 4.79 Å². The summed E-state index contributed by atoms with van der Waals surface area (Å²) in [6, 6.07) is 7.97. The number of hydrogen-bond donors (Lipinski definition) is 2. The molecule has 0 bridgehead atoms. The van der Waals surface area contributed by atoms with E-state index in [1.165, 1.54) is 23.8 Å². The maximum Gasteiger partial charge on any atom is 0.251 e. The van der Waals surface area contributed by atoms with E-state index >= 15 is 0 Å². The Kier molecular flexibility index (Phi) is 6.09. The van der Waals surface area contributed by atoms with Gasteiger partial charge >= 0.3 is 0 Å². The summed E-state index contributed by atoms with van der Waals surface area (Å²) in [6.45, 7) is 4.11. The third-order valence-corrected chi connectivity index (χ3v) is 5.26. The summed E-state index contributed by atoms with van der Waals surface area (Å²) in [5.41, 5.74) is 1.48. The maximum absolute atomic E-state index is 12.1. The normalized spacial score (nSPS) is 11.1. The Morgan fingerprint density at radius 3 is 2.83 bits per heavy atom. The van der Waals surface area contributed by atoms with Crippen molar-refractivity contribution in [3.63, 3.8) is 0 Å². The predicted molar refractivity (Wildman–Crippen MR) is 92.2 cm³/mol. The van der Waals surface area contributed by atoms with Crippen LogP contribution in [0.25, 0.3) is 0 Å². The molecule has 23 heavy (non-hydrogen) atoms. The van der Waals surface area contributed by atoms with Crippen LogP contribution in [0, 0.1) is 0 Å². The first-order chi connectivity index (χ1) is 11.0. The number of sulfonamides is 1. The first-order valence-corrected chi connectivity index (χ1v) is 9.45. The summed E-state index contributed by atoms with van der Waals surface area (Å²) in [4.78, 5) is 12.2. The largest absolute Gasteiger partial charge is 0.352 e. The molecule has 0 aliphatic carbocycles. The number of hydrogen-bond acceptors (Lipinski definition) is 4. The number of benzene rings is 1. The fraction of sp³-hybridized carbons (Fsp3) is 0.188. The van der Waals surface area contributed by atoms with E-state index in [1.807, 2.05) is 16.8 Å². The average molecular weight is 350 g/mol. The monoisotopic (exact) mass is 350 g/mol. The van der Waals surface area contributed by atoms with E-state index in [9.17, 15) is 13.2 Å². The molecule has 1 aromatic heterocycles. The van der Waals surface area contributed by atoms with E-state index in [0.717, 1.165) is 6.42 Å². The quantitative estimate of drug-likeness (QED) is 0.717. The Hall–Kier alpha value is -1.96. The molecule has 0 saturated heterocycles. The topological polar surface area (TPSA) is 75.3 Å². The number of nitrogens with one attached hydrogen (secondary N) is 2. The van der Waals surface area contributed by atoms with Gasteiger partial charge in [0.1, 0.15) is 0 Å². The Morgan fingerprint density at radius 2 is 2.13 bits per heavy atom. The highest BCUT2D eigenvalue weighted by molar-refractivity contribution is 7.89. The van der Waals surface area contributed by atoms with Crippen molar-refractivity contribution in [3.05, 3.63) is 64.9 Å². The molecule has 0 aliphatic rings. The van der Waals surface area contributed by atoms with Crippen LogP contribution in [-0.2, 0) is 16.4 Å². The molecule has 0 spiro atoms. The predicted octanol–water partition coefficient (Wildman–Crippen LogP) is 2.18. The van der Waals surface area contributed by atoms with E-state index < -0.39 is 10.0 Å². The van der Waals surface area contributed by atoms with E-state index in [0.29, 0.717) is 12.1 Å². The van der Waals surface area contributed by atoms with Crippen LogP contribution in [0.4, 0.5) is 0 Å². The molecule has 0 aliphatic heterocycles. The Morgan fingerprint density at radius 1 is 1.30 bits per heavy atom. The van der Waals surface area contributed by atoms with Gasteiger partial charge in [-0.15, -0.1) is 6.58 Å². The Bertz CT molecular complexity index is 768. The van der Waals surface area contributed by atoms with E-state index in [2.05, 4.69) is 16.6 Å². The Balaban J connectivity index is 2.00. The highest BCUT2D eigenvalue weighted by Gasteiger charge is 2.15. The maximum atomic E-state index is 12.1. The lowest BCUT2D eigenvalue weighted by molar-refractivity contribution is 0.0954. The Labute approximate surface area is 140 Å². The van der Waals surface area contributed by atoms with Crippen LogP contribution in [0.15, 0.2) is 58.6 Å². The van der Waals surface area contributed by atoms with Crippen LogP contribution >= 0.6 is 11.3 Å². The SMILES string of the molecule is C=CCNS(=O)(=O)c1cccc(C(=O)NCCc2ccsc2)c1. The molecule has 2 aromatic rings. The molecule has 0 saturated carbocycles. The zero-order chi connectivity index (χ0) is 16.7. The lowest BCUT2D eigenvalue weighted by Gasteiger charge is -2.08. The second-order valence-corrected chi connectivity index (χ2v) is 7.35. The van der Waals surface area contributed by atoms with Gasteiger partial charge in [-0.05, 0) is 47.0 Å². The van der Waals surface area contributed by atoms with E-state index in [-0.39, 0.29) is 17.3 Å². The minimum atomic E-state index is -3.63. The standard InChI is InChI=1S/C16H18N2O3S2/c1-2-8-18-23(20,21)15-5-3-4-14(11-15)16(19)17-9-6-13-7-10-22-12-13/h2-5,7,10-12,18H,1,6,8-9H2,(H,17,19). The van der Waals surface area contributed by atoms with Crippen molar-refractivity contribution in [2.45, 2.75) is 11.3 Å². The first-order valence-electron chi connectivity index (χ1n) is 7.03. The van der Waals surface area contributed by atoms with Crippen molar-refractivity contribution >= 4 is 27.3 Å². The number of rotatable bonds is 8. The highest BCUT2D eigenvalue weighted by Crippen LogP contribution is 2.11. The third-order valence-electron chi connectivity index (χ3n) is 3.10. The minimum absolute atomic E-state index is 0.0600. The second-order valence-electron chi connectivity index (χ2n) is 4.81. The molecule has 0 radical (unpaired) electrons. The minimum Gasteiger partial charge on any atom is -0.352 e. The van der Waals surface area contributed by atoms with Gasteiger partial charge in [-0.25, -0.2) is 13.1 Å². The van der Waals surface area contributed by atoms with Crippen LogP contribution in [0.2, 0.25) is 0 Å². The molecule has 2 rings (SSSR count). The summed E-state index contributed by atoms with van der Waals surface area (Å²) in [5, 5.41) is 6.81. The van der Waals surface area contributed by atoms with Crippen molar-refractivity contribution in [3.8, 4) is 0 Å². The summed E-state index contributed by atoms with van der Waals surface area (Å²) >= 11 is 1.61. The smallest absolute Gasteiger partial charge is 0.251 e. The fourth-order valence-electron chi connectivity index (χ4n) is 1.91. The van der Waals surface area contributed by atoms with Crippen LogP contribution in [0.1, 0.15) is 15.9 Å². The van der Waals surface area contributed by atoms with Gasteiger partial charge in [-0.2, -0.15) is 11.3 Å². The van der Waals surface area contributed by atoms with Crippen molar-refractivity contribution in [2.75, 3.05) is 13.1 Å². The number of carbonyl (C=O) groups is 1. The molecule has 0 atom stereocenters.